The second-order valence-corrected chi connectivity index (χ2v) is 12.2. The van der Waals surface area contributed by atoms with Crippen LogP contribution in [0.5, 0.6) is 11.6 Å². The molecule has 0 spiro atoms. The van der Waals surface area contributed by atoms with E-state index in [2.05, 4.69) is 10.1 Å². The van der Waals surface area contributed by atoms with Gasteiger partial charge in [0.2, 0.25) is 5.88 Å². The van der Waals surface area contributed by atoms with Crippen LogP contribution in [-0.4, -0.2) is 41.4 Å². The summed E-state index contributed by atoms with van der Waals surface area (Å²) in [5.74, 6) is -0.130. The molecule has 2 heterocycles. The summed E-state index contributed by atoms with van der Waals surface area (Å²) in [6.45, 7) is 2.97. The van der Waals surface area contributed by atoms with Gasteiger partial charge in [0.05, 0.1) is 41.8 Å². The van der Waals surface area contributed by atoms with Gasteiger partial charge in [0.1, 0.15) is 17.4 Å². The van der Waals surface area contributed by atoms with E-state index in [0.717, 1.165) is 22.3 Å². The lowest BCUT2D eigenvalue weighted by Gasteiger charge is -2.11. The van der Waals surface area contributed by atoms with Crippen LogP contribution in [0.3, 0.4) is 0 Å². The fourth-order valence-electron chi connectivity index (χ4n) is 4.76. The molecular formula is C30H28F2N4O4S. The lowest BCUT2D eigenvalue weighted by molar-refractivity contribution is 0.103. The molecular weight excluding hydrogens is 550 g/mol. The Labute approximate surface area is 236 Å². The Hall–Kier alpha value is -4.38. The highest BCUT2D eigenvalue weighted by Gasteiger charge is 2.26. The molecule has 2 aromatic heterocycles. The van der Waals surface area contributed by atoms with E-state index in [9.17, 15) is 22.0 Å². The molecule has 0 radical (unpaired) electrons. The molecule has 11 heteroatoms. The maximum Gasteiger partial charge on any atom is 0.219 e. The maximum atomic E-state index is 13.5. The number of ketones is 1. The number of rotatable bonds is 10. The van der Waals surface area contributed by atoms with Gasteiger partial charge in [0.25, 0.3) is 0 Å². The van der Waals surface area contributed by atoms with Gasteiger partial charge < -0.3 is 10.5 Å². The predicted octanol–water partition coefficient (Wildman–Crippen LogP) is 5.49. The van der Waals surface area contributed by atoms with Crippen LogP contribution >= 0.6 is 0 Å². The summed E-state index contributed by atoms with van der Waals surface area (Å²) in [5, 5.41) is 4.33. The molecule has 41 heavy (non-hydrogen) atoms. The number of halogens is 2. The number of sulfone groups is 1. The minimum Gasteiger partial charge on any atom is -0.439 e. The molecule has 5 rings (SSSR count). The number of pyridine rings is 1. The molecule has 2 N–H and O–H groups in total. The van der Waals surface area contributed by atoms with Crippen molar-refractivity contribution in [1.82, 2.24) is 14.8 Å². The highest BCUT2D eigenvalue weighted by molar-refractivity contribution is 7.90. The van der Waals surface area contributed by atoms with Gasteiger partial charge in [-0.1, -0.05) is 12.1 Å². The molecule has 4 aromatic rings. The van der Waals surface area contributed by atoms with Gasteiger partial charge in [0.15, 0.2) is 15.6 Å². The number of hydrogen-bond donors (Lipinski definition) is 1. The van der Waals surface area contributed by atoms with Crippen molar-refractivity contribution in [2.75, 3.05) is 18.2 Å². The summed E-state index contributed by atoms with van der Waals surface area (Å²) in [7, 11) is -3.44. The van der Waals surface area contributed by atoms with Crippen LogP contribution in [0.15, 0.2) is 60.4 Å². The molecule has 0 amide bonds. The lowest BCUT2D eigenvalue weighted by atomic mass is 10.0. The van der Waals surface area contributed by atoms with E-state index in [1.54, 1.807) is 12.1 Å². The number of carbonyl (C=O) groups excluding carboxylic acids is 1. The maximum absolute atomic E-state index is 13.5. The minimum absolute atomic E-state index is 0.0227. The van der Waals surface area contributed by atoms with E-state index >= 15 is 0 Å². The number of alkyl halides is 1. The first kappa shape index (κ1) is 28.2. The zero-order valence-corrected chi connectivity index (χ0v) is 23.3. The molecule has 0 unspecified atom stereocenters. The monoisotopic (exact) mass is 578 g/mol. The SMILES string of the molecule is Cc1cc2c(cc1CS(=O)(=O)CCCF)CC(C(=O)c1cnn(-c3cnc(Oc4ccc(F)cc4)cc3C)c1N)=C2. The summed E-state index contributed by atoms with van der Waals surface area (Å²) < 4.78 is 57.5. The number of fused-ring (bicyclic) bond motifs is 1. The largest absolute Gasteiger partial charge is 0.439 e. The molecule has 1 aliphatic rings. The van der Waals surface area contributed by atoms with Gasteiger partial charge in [-0.05, 0) is 78.4 Å². The van der Waals surface area contributed by atoms with Crippen LogP contribution in [-0.2, 0) is 22.0 Å². The van der Waals surface area contributed by atoms with Crippen molar-refractivity contribution < 1.29 is 26.7 Å². The van der Waals surface area contributed by atoms with Crippen LogP contribution in [0.4, 0.5) is 14.6 Å². The topological polar surface area (TPSA) is 117 Å². The van der Waals surface area contributed by atoms with Crippen molar-refractivity contribution in [3.63, 3.8) is 0 Å². The highest BCUT2D eigenvalue weighted by atomic mass is 32.2. The summed E-state index contributed by atoms with van der Waals surface area (Å²) in [4.78, 5) is 17.8. The molecule has 0 saturated heterocycles. The summed E-state index contributed by atoms with van der Waals surface area (Å²) in [6.07, 6.45) is 5.04. The Kier molecular flexibility index (Phi) is 7.72. The van der Waals surface area contributed by atoms with E-state index < -0.39 is 16.5 Å². The van der Waals surface area contributed by atoms with E-state index in [1.165, 1.54) is 41.3 Å². The Morgan fingerprint density at radius 1 is 1.10 bits per heavy atom. The van der Waals surface area contributed by atoms with Gasteiger partial charge in [-0.15, -0.1) is 0 Å². The summed E-state index contributed by atoms with van der Waals surface area (Å²) in [6, 6.07) is 10.9. The van der Waals surface area contributed by atoms with Crippen LogP contribution in [0.25, 0.3) is 11.8 Å². The Bertz CT molecular complexity index is 1780. The van der Waals surface area contributed by atoms with E-state index in [0.29, 0.717) is 34.9 Å². The first-order valence-corrected chi connectivity index (χ1v) is 14.7. The Morgan fingerprint density at radius 2 is 1.85 bits per heavy atom. The van der Waals surface area contributed by atoms with Crippen LogP contribution in [0.2, 0.25) is 0 Å². The van der Waals surface area contributed by atoms with Crippen molar-refractivity contribution >= 4 is 27.5 Å². The zero-order valence-electron chi connectivity index (χ0n) is 22.5. The predicted molar refractivity (Wildman–Crippen MR) is 152 cm³/mol. The number of Topliss-reactive ketones (excluding diaryl/α,β-unsaturated/α-hetero) is 1. The number of aromatic nitrogens is 3. The molecule has 2 aromatic carbocycles. The molecule has 0 aliphatic heterocycles. The Balaban J connectivity index is 1.33. The van der Waals surface area contributed by atoms with Gasteiger partial charge in [-0.3, -0.25) is 9.18 Å². The van der Waals surface area contributed by atoms with Gasteiger partial charge in [-0.25, -0.2) is 22.5 Å². The van der Waals surface area contributed by atoms with E-state index in [-0.39, 0.29) is 40.9 Å². The molecule has 0 fully saturated rings. The smallest absolute Gasteiger partial charge is 0.219 e. The number of allylic oxidation sites excluding steroid dienone is 1. The molecule has 8 nitrogen and oxygen atoms in total. The third kappa shape index (κ3) is 6.04. The lowest BCUT2D eigenvalue weighted by Crippen LogP contribution is -2.11. The van der Waals surface area contributed by atoms with Crippen LogP contribution in [0.1, 0.15) is 44.6 Å². The second kappa shape index (κ2) is 11.2. The van der Waals surface area contributed by atoms with E-state index in [1.807, 2.05) is 26.0 Å². The minimum atomic E-state index is -3.44. The third-order valence-corrected chi connectivity index (χ3v) is 8.60. The molecule has 1 aliphatic carbocycles. The van der Waals surface area contributed by atoms with Crippen molar-refractivity contribution in [1.29, 1.82) is 0 Å². The Morgan fingerprint density at radius 3 is 2.56 bits per heavy atom. The zero-order chi connectivity index (χ0) is 29.3. The van der Waals surface area contributed by atoms with Crippen molar-refractivity contribution in [2.45, 2.75) is 32.4 Å². The number of carbonyl (C=O) groups is 1. The van der Waals surface area contributed by atoms with Crippen LogP contribution < -0.4 is 10.5 Å². The quantitative estimate of drug-likeness (QED) is 0.247. The van der Waals surface area contributed by atoms with Crippen molar-refractivity contribution in [3.05, 3.63) is 99.6 Å². The van der Waals surface area contributed by atoms with Crippen LogP contribution in [0, 0.1) is 19.7 Å². The fourth-order valence-corrected chi connectivity index (χ4v) is 6.24. The highest BCUT2D eigenvalue weighted by Crippen LogP contribution is 2.32. The number of nitrogens with two attached hydrogens (primary N) is 1. The standard InChI is InChI=1S/C30H28F2N4O4S/c1-18-10-20-12-22(13-21(20)14-23(18)17-41(38,39)9-3-8-31)29(37)26-15-35-36(30(26)33)27-16-34-28(11-19(27)2)40-25-6-4-24(32)5-7-25/h4-7,10-12,14-16H,3,8-9,13,17,33H2,1-2H3. The number of aryl methyl sites for hydroxylation is 2. The first-order chi connectivity index (χ1) is 19.5. The second-order valence-electron chi connectivity index (χ2n) is 10.0. The number of anilines is 1. The summed E-state index contributed by atoms with van der Waals surface area (Å²) >= 11 is 0. The van der Waals surface area contributed by atoms with Gasteiger partial charge in [-0.2, -0.15) is 5.10 Å². The number of ether oxygens (including phenoxy) is 1. The van der Waals surface area contributed by atoms with E-state index in [4.69, 9.17) is 10.5 Å². The number of benzene rings is 2. The normalized spacial score (nSPS) is 12.7. The number of nitrogen functional groups attached to an aromatic ring is 1. The third-order valence-electron chi connectivity index (χ3n) is 6.94. The molecule has 212 valence electrons. The number of nitrogens with zero attached hydrogens (tertiary/aromatic N) is 3. The fraction of sp³-hybridized carbons (Fsp3) is 0.233. The number of hydrogen-bond acceptors (Lipinski definition) is 7. The summed E-state index contributed by atoms with van der Waals surface area (Å²) in [5.41, 5.74) is 11.6. The van der Waals surface area contributed by atoms with Crippen molar-refractivity contribution in [2.24, 2.45) is 0 Å². The van der Waals surface area contributed by atoms with Gasteiger partial charge >= 0.3 is 0 Å². The molecule has 0 bridgehead atoms. The first-order valence-electron chi connectivity index (χ1n) is 12.9. The van der Waals surface area contributed by atoms with Crippen molar-refractivity contribution in [3.8, 4) is 17.3 Å². The van der Waals surface area contributed by atoms with Gasteiger partial charge in [0, 0.05) is 18.1 Å². The molecule has 0 atom stereocenters. The molecule has 0 saturated carbocycles. The average Bonchev–Trinajstić information content (AvgIpc) is 3.51. The average molecular weight is 579 g/mol.